The Labute approximate surface area is 164 Å². The van der Waals surface area contributed by atoms with Gasteiger partial charge in [0.25, 0.3) is 0 Å². The van der Waals surface area contributed by atoms with E-state index >= 15 is 0 Å². The lowest BCUT2D eigenvalue weighted by molar-refractivity contribution is -0.132. The average Bonchev–Trinajstić information content (AvgIpc) is 2.94. The minimum absolute atomic E-state index is 0.0371. The molecule has 1 fully saturated rings. The number of carbonyl (C=O) groups excluding carboxylic acids is 1. The molecular weight excluding hydrogens is 357 g/mol. The van der Waals surface area contributed by atoms with Gasteiger partial charge in [-0.25, -0.2) is 14.4 Å². The zero-order valence-electron chi connectivity index (χ0n) is 16.0. The van der Waals surface area contributed by atoms with E-state index < -0.39 is 0 Å². The van der Waals surface area contributed by atoms with Crippen LogP contribution >= 0.6 is 0 Å². The van der Waals surface area contributed by atoms with Gasteiger partial charge in [-0.1, -0.05) is 0 Å². The summed E-state index contributed by atoms with van der Waals surface area (Å²) in [5, 5.41) is 9.04. The molecule has 1 aliphatic rings. The van der Waals surface area contributed by atoms with E-state index in [9.17, 15) is 9.18 Å². The SMILES string of the molecule is CC(=O)N(Cc1cncnc1)[C@H]1CCCN(Cc2cc(C#N)ccc2F)CC1. The Bertz CT molecular complexity index is 852. The molecule has 1 aromatic heterocycles. The molecule has 1 aromatic carbocycles. The minimum Gasteiger partial charge on any atom is -0.335 e. The maximum absolute atomic E-state index is 14.1. The van der Waals surface area contributed by atoms with Crippen LogP contribution in [0.5, 0.6) is 0 Å². The van der Waals surface area contributed by atoms with Crippen molar-refractivity contribution in [1.29, 1.82) is 5.26 Å². The van der Waals surface area contributed by atoms with Crippen molar-refractivity contribution < 1.29 is 9.18 Å². The monoisotopic (exact) mass is 381 g/mol. The fourth-order valence-electron chi connectivity index (χ4n) is 3.72. The van der Waals surface area contributed by atoms with Crippen molar-refractivity contribution in [3.05, 3.63) is 59.4 Å². The zero-order valence-corrected chi connectivity index (χ0v) is 16.0. The third kappa shape index (κ3) is 5.11. The van der Waals surface area contributed by atoms with Crippen molar-refractivity contribution in [2.24, 2.45) is 0 Å². The molecule has 28 heavy (non-hydrogen) atoms. The number of nitrogens with zero attached hydrogens (tertiary/aromatic N) is 5. The summed E-state index contributed by atoms with van der Waals surface area (Å²) in [7, 11) is 0. The highest BCUT2D eigenvalue weighted by molar-refractivity contribution is 5.73. The van der Waals surface area contributed by atoms with Gasteiger partial charge in [-0.3, -0.25) is 9.69 Å². The Balaban J connectivity index is 1.65. The van der Waals surface area contributed by atoms with Gasteiger partial charge in [0.2, 0.25) is 5.91 Å². The van der Waals surface area contributed by atoms with Crippen LogP contribution in [0.1, 0.15) is 42.9 Å². The molecule has 2 aromatic rings. The number of rotatable bonds is 5. The number of likely N-dealkylation sites (tertiary alicyclic amines) is 1. The number of halogens is 1. The first-order valence-electron chi connectivity index (χ1n) is 9.49. The molecular formula is C21H24FN5O. The predicted octanol–water partition coefficient (Wildman–Crippen LogP) is 2.89. The number of benzene rings is 1. The summed E-state index contributed by atoms with van der Waals surface area (Å²) in [5.41, 5.74) is 1.92. The van der Waals surface area contributed by atoms with E-state index in [1.807, 2.05) is 4.90 Å². The summed E-state index contributed by atoms with van der Waals surface area (Å²) >= 11 is 0. The Morgan fingerprint density at radius 2 is 2.11 bits per heavy atom. The Morgan fingerprint density at radius 3 is 2.82 bits per heavy atom. The van der Waals surface area contributed by atoms with Crippen LogP contribution in [0.25, 0.3) is 0 Å². The topological polar surface area (TPSA) is 73.1 Å². The lowest BCUT2D eigenvalue weighted by atomic mass is 10.1. The molecule has 1 saturated heterocycles. The summed E-state index contributed by atoms with van der Waals surface area (Å²) in [4.78, 5) is 24.4. The maximum atomic E-state index is 14.1. The van der Waals surface area contributed by atoms with Crippen molar-refractivity contribution in [3.8, 4) is 6.07 Å². The van der Waals surface area contributed by atoms with Crippen LogP contribution in [0.15, 0.2) is 36.9 Å². The number of hydrogen-bond acceptors (Lipinski definition) is 5. The van der Waals surface area contributed by atoms with E-state index in [4.69, 9.17) is 5.26 Å². The molecule has 1 aliphatic heterocycles. The second-order valence-electron chi connectivity index (χ2n) is 7.17. The molecule has 0 bridgehead atoms. The molecule has 0 unspecified atom stereocenters. The van der Waals surface area contributed by atoms with Crippen LogP contribution in [0, 0.1) is 17.1 Å². The second kappa shape index (κ2) is 9.38. The summed E-state index contributed by atoms with van der Waals surface area (Å²) < 4.78 is 14.1. The molecule has 0 radical (unpaired) electrons. The molecule has 0 N–H and O–H groups in total. The first-order chi connectivity index (χ1) is 13.6. The van der Waals surface area contributed by atoms with Gasteiger partial charge < -0.3 is 4.90 Å². The summed E-state index contributed by atoms with van der Waals surface area (Å²) in [6, 6.07) is 6.67. The van der Waals surface area contributed by atoms with Gasteiger partial charge in [-0.2, -0.15) is 5.26 Å². The van der Waals surface area contributed by atoms with Crippen molar-refractivity contribution in [2.45, 2.75) is 45.3 Å². The summed E-state index contributed by atoms with van der Waals surface area (Å²) in [6.07, 6.45) is 7.61. The summed E-state index contributed by atoms with van der Waals surface area (Å²) in [6.45, 7) is 4.18. The van der Waals surface area contributed by atoms with Crippen LogP contribution in [-0.4, -0.2) is 44.8 Å². The lowest BCUT2D eigenvalue weighted by Crippen LogP contribution is -2.39. The van der Waals surface area contributed by atoms with Crippen LogP contribution in [0.4, 0.5) is 4.39 Å². The molecule has 0 saturated carbocycles. The third-order valence-corrected chi connectivity index (χ3v) is 5.17. The van der Waals surface area contributed by atoms with Gasteiger partial charge in [-0.05, 0) is 44.0 Å². The molecule has 146 valence electrons. The highest BCUT2D eigenvalue weighted by atomic mass is 19.1. The molecule has 2 heterocycles. The Kier molecular flexibility index (Phi) is 6.66. The van der Waals surface area contributed by atoms with E-state index in [0.29, 0.717) is 24.2 Å². The van der Waals surface area contributed by atoms with E-state index in [-0.39, 0.29) is 17.8 Å². The molecule has 3 rings (SSSR count). The van der Waals surface area contributed by atoms with Crippen molar-refractivity contribution in [2.75, 3.05) is 13.1 Å². The van der Waals surface area contributed by atoms with E-state index in [0.717, 1.165) is 37.9 Å². The fourth-order valence-corrected chi connectivity index (χ4v) is 3.72. The van der Waals surface area contributed by atoms with Gasteiger partial charge in [0, 0.05) is 56.1 Å². The smallest absolute Gasteiger partial charge is 0.219 e. The fraction of sp³-hybridized carbons (Fsp3) is 0.429. The first-order valence-corrected chi connectivity index (χ1v) is 9.49. The van der Waals surface area contributed by atoms with Crippen molar-refractivity contribution in [1.82, 2.24) is 19.8 Å². The highest BCUT2D eigenvalue weighted by Crippen LogP contribution is 2.21. The largest absolute Gasteiger partial charge is 0.335 e. The molecule has 7 heteroatoms. The van der Waals surface area contributed by atoms with Gasteiger partial charge in [-0.15, -0.1) is 0 Å². The Morgan fingerprint density at radius 1 is 1.32 bits per heavy atom. The van der Waals surface area contributed by atoms with Crippen LogP contribution in [-0.2, 0) is 17.9 Å². The lowest BCUT2D eigenvalue weighted by Gasteiger charge is -2.30. The van der Waals surface area contributed by atoms with Crippen molar-refractivity contribution >= 4 is 5.91 Å². The van der Waals surface area contributed by atoms with Gasteiger partial charge in [0.05, 0.1) is 11.6 Å². The molecule has 6 nitrogen and oxygen atoms in total. The van der Waals surface area contributed by atoms with Crippen LogP contribution < -0.4 is 0 Å². The Hall–Kier alpha value is -2.85. The number of nitriles is 1. The van der Waals surface area contributed by atoms with E-state index in [2.05, 4.69) is 20.9 Å². The van der Waals surface area contributed by atoms with E-state index in [1.54, 1.807) is 25.4 Å². The van der Waals surface area contributed by atoms with Gasteiger partial charge in [0.15, 0.2) is 0 Å². The number of aromatic nitrogens is 2. The number of hydrogen-bond donors (Lipinski definition) is 0. The number of amides is 1. The minimum atomic E-state index is -0.283. The molecule has 1 atom stereocenters. The zero-order chi connectivity index (χ0) is 19.9. The van der Waals surface area contributed by atoms with E-state index in [1.165, 1.54) is 18.5 Å². The normalized spacial score (nSPS) is 17.5. The van der Waals surface area contributed by atoms with Crippen LogP contribution in [0.3, 0.4) is 0 Å². The summed E-state index contributed by atoms with van der Waals surface area (Å²) in [5.74, 6) is -0.246. The first kappa shape index (κ1) is 19.9. The third-order valence-electron chi connectivity index (χ3n) is 5.17. The molecule has 0 spiro atoms. The van der Waals surface area contributed by atoms with Crippen LogP contribution in [0.2, 0.25) is 0 Å². The quantitative estimate of drug-likeness (QED) is 0.796. The molecule has 1 amide bonds. The average molecular weight is 381 g/mol. The number of carbonyl (C=O) groups is 1. The molecule has 0 aliphatic carbocycles. The van der Waals surface area contributed by atoms with Gasteiger partial charge >= 0.3 is 0 Å². The van der Waals surface area contributed by atoms with Crippen molar-refractivity contribution in [3.63, 3.8) is 0 Å². The standard InChI is InChI=1S/C21H24FN5O/c1-16(28)27(13-18-11-24-15-25-12-18)20-3-2-7-26(8-6-20)14-19-9-17(10-23)4-5-21(19)22/h4-5,9,11-12,15,20H,2-3,6-8,13-14H2,1H3/t20-/m0/s1. The predicted molar refractivity (Wildman–Crippen MR) is 102 cm³/mol. The second-order valence-corrected chi connectivity index (χ2v) is 7.17. The maximum Gasteiger partial charge on any atom is 0.219 e. The van der Waals surface area contributed by atoms with Gasteiger partial charge in [0.1, 0.15) is 12.1 Å². The highest BCUT2D eigenvalue weighted by Gasteiger charge is 2.25.